The number of fused-ring (bicyclic) bond motifs is 1. The van der Waals surface area contributed by atoms with Gasteiger partial charge in [-0.05, 0) is 68.3 Å². The van der Waals surface area contributed by atoms with E-state index in [0.717, 1.165) is 22.9 Å². The quantitative estimate of drug-likeness (QED) is 0.262. The van der Waals surface area contributed by atoms with Gasteiger partial charge in [0.05, 0.1) is 27.5 Å². The van der Waals surface area contributed by atoms with Crippen molar-refractivity contribution in [2.45, 2.75) is 37.8 Å². The molecule has 0 fully saturated rings. The number of nitrogens with zero attached hydrogens (tertiary/aromatic N) is 2. The number of ether oxygens (including phenoxy) is 1. The van der Waals surface area contributed by atoms with Gasteiger partial charge >= 0.3 is 6.61 Å². The van der Waals surface area contributed by atoms with Crippen molar-refractivity contribution in [2.24, 2.45) is 0 Å². The van der Waals surface area contributed by atoms with Gasteiger partial charge in [0.2, 0.25) is 5.91 Å². The minimum absolute atomic E-state index is 0.128. The van der Waals surface area contributed by atoms with Crippen molar-refractivity contribution in [3.63, 3.8) is 0 Å². The van der Waals surface area contributed by atoms with Crippen molar-refractivity contribution >= 4 is 34.3 Å². The van der Waals surface area contributed by atoms with Crippen LogP contribution in [0.1, 0.15) is 18.1 Å². The molecule has 1 N–H and O–H groups in total. The molecular weight excluding hydrogens is 472 g/mol. The normalized spacial score (nSPS) is 12.1. The summed E-state index contributed by atoms with van der Waals surface area (Å²) in [5, 5.41) is 2.73. The minimum Gasteiger partial charge on any atom is -0.433 e. The fourth-order valence-electron chi connectivity index (χ4n) is 3.50. The number of carbonyl (C=O) groups is 1. The van der Waals surface area contributed by atoms with Crippen molar-refractivity contribution < 1.29 is 18.3 Å². The average Bonchev–Trinajstić information content (AvgIpc) is 2.82. The number of hydrogen-bond acceptors (Lipinski definition) is 5. The number of benzene rings is 3. The van der Waals surface area contributed by atoms with E-state index in [1.165, 1.54) is 22.8 Å². The lowest BCUT2D eigenvalue weighted by Crippen LogP contribution is -2.26. The van der Waals surface area contributed by atoms with Crippen LogP contribution in [0.15, 0.2) is 76.7 Å². The first kappa shape index (κ1) is 24.4. The Labute approximate surface area is 205 Å². The zero-order valence-corrected chi connectivity index (χ0v) is 20.1. The van der Waals surface area contributed by atoms with Crippen molar-refractivity contribution in [2.75, 3.05) is 5.32 Å². The Balaban J connectivity index is 1.70. The topological polar surface area (TPSA) is 73.2 Å². The van der Waals surface area contributed by atoms with Crippen LogP contribution in [0.2, 0.25) is 0 Å². The molecule has 0 bridgehead atoms. The standard InChI is InChI=1S/C26H23F2N3O3S/c1-15-12-13-18(14-16(15)2)31-24(33)19-8-4-5-9-20(19)30-26(31)35-17(3)23(32)29-21-10-6-7-11-22(21)34-25(27)28/h4-14,17,25H,1-3H3,(H,29,32). The number of para-hydroxylation sites is 3. The molecule has 0 saturated carbocycles. The van der Waals surface area contributed by atoms with Gasteiger partial charge < -0.3 is 10.1 Å². The fraction of sp³-hybridized carbons (Fsp3) is 0.192. The van der Waals surface area contributed by atoms with E-state index in [-0.39, 0.29) is 17.0 Å². The zero-order valence-electron chi connectivity index (χ0n) is 19.3. The molecule has 0 aliphatic rings. The molecule has 0 radical (unpaired) electrons. The van der Waals surface area contributed by atoms with Crippen molar-refractivity contribution in [1.29, 1.82) is 0 Å². The SMILES string of the molecule is Cc1ccc(-n2c(SC(C)C(=O)Nc3ccccc3OC(F)F)nc3ccccc3c2=O)cc1C. The molecule has 1 atom stereocenters. The highest BCUT2D eigenvalue weighted by molar-refractivity contribution is 8.00. The number of halogens is 2. The van der Waals surface area contributed by atoms with Gasteiger partial charge in [-0.15, -0.1) is 0 Å². The van der Waals surface area contributed by atoms with Crippen LogP contribution in [-0.4, -0.2) is 27.3 Å². The number of hydrogen-bond donors (Lipinski definition) is 1. The first-order valence-corrected chi connectivity index (χ1v) is 11.7. The van der Waals surface area contributed by atoms with Crippen LogP contribution in [0.3, 0.4) is 0 Å². The van der Waals surface area contributed by atoms with Gasteiger partial charge in [-0.2, -0.15) is 8.78 Å². The molecule has 6 nitrogen and oxygen atoms in total. The van der Waals surface area contributed by atoms with E-state index in [2.05, 4.69) is 15.0 Å². The van der Waals surface area contributed by atoms with Crippen LogP contribution < -0.4 is 15.6 Å². The van der Waals surface area contributed by atoms with Crippen LogP contribution in [0.5, 0.6) is 5.75 Å². The molecule has 1 unspecified atom stereocenters. The Hall–Kier alpha value is -3.72. The summed E-state index contributed by atoms with van der Waals surface area (Å²) in [7, 11) is 0. The summed E-state index contributed by atoms with van der Waals surface area (Å²) in [6, 6.07) is 18.7. The van der Waals surface area contributed by atoms with Crippen molar-refractivity contribution in [3.8, 4) is 11.4 Å². The van der Waals surface area contributed by atoms with Gasteiger partial charge in [0, 0.05) is 0 Å². The molecule has 4 aromatic rings. The molecule has 9 heteroatoms. The number of anilines is 1. The molecular formula is C26H23F2N3O3S. The summed E-state index contributed by atoms with van der Waals surface area (Å²) < 4.78 is 31.4. The molecule has 3 aromatic carbocycles. The average molecular weight is 496 g/mol. The second-order valence-corrected chi connectivity index (χ2v) is 9.25. The van der Waals surface area contributed by atoms with Crippen LogP contribution >= 0.6 is 11.8 Å². The number of thioether (sulfide) groups is 1. The van der Waals surface area contributed by atoms with Crippen molar-refractivity contribution in [3.05, 3.63) is 88.2 Å². The minimum atomic E-state index is -3.02. The lowest BCUT2D eigenvalue weighted by Gasteiger charge is -2.18. The highest BCUT2D eigenvalue weighted by atomic mass is 32.2. The lowest BCUT2D eigenvalue weighted by molar-refractivity contribution is -0.115. The predicted octanol–water partition coefficient (Wildman–Crippen LogP) is 5.72. The Morgan fingerprint density at radius 3 is 2.49 bits per heavy atom. The summed E-state index contributed by atoms with van der Waals surface area (Å²) in [6.45, 7) is 2.58. The van der Waals surface area contributed by atoms with Gasteiger partial charge in [0.1, 0.15) is 5.75 Å². The summed E-state index contributed by atoms with van der Waals surface area (Å²) in [4.78, 5) is 31.1. The van der Waals surface area contributed by atoms with E-state index in [4.69, 9.17) is 0 Å². The second-order valence-electron chi connectivity index (χ2n) is 7.94. The van der Waals surface area contributed by atoms with Crippen molar-refractivity contribution in [1.82, 2.24) is 9.55 Å². The zero-order chi connectivity index (χ0) is 25.1. The van der Waals surface area contributed by atoms with E-state index >= 15 is 0 Å². The van der Waals surface area contributed by atoms with E-state index in [1.54, 1.807) is 37.3 Å². The number of aromatic nitrogens is 2. The highest BCUT2D eigenvalue weighted by Crippen LogP contribution is 2.29. The Morgan fingerprint density at radius 2 is 1.74 bits per heavy atom. The number of nitrogens with one attached hydrogen (secondary N) is 1. The molecule has 0 spiro atoms. The molecule has 1 aromatic heterocycles. The molecule has 0 aliphatic heterocycles. The third-order valence-electron chi connectivity index (χ3n) is 5.51. The van der Waals surface area contributed by atoms with E-state index in [0.29, 0.717) is 21.7 Å². The molecule has 35 heavy (non-hydrogen) atoms. The fourth-order valence-corrected chi connectivity index (χ4v) is 4.43. The number of rotatable bonds is 7. The summed E-state index contributed by atoms with van der Waals surface area (Å²) >= 11 is 1.10. The van der Waals surface area contributed by atoms with Gasteiger partial charge in [0.15, 0.2) is 5.16 Å². The molecule has 0 saturated heterocycles. The number of amides is 1. The number of aryl methyl sites for hydroxylation is 2. The summed E-state index contributed by atoms with van der Waals surface area (Å²) in [6.07, 6.45) is 0. The molecule has 4 rings (SSSR count). The lowest BCUT2D eigenvalue weighted by atomic mass is 10.1. The smallest absolute Gasteiger partial charge is 0.387 e. The van der Waals surface area contributed by atoms with Crippen LogP contribution in [0, 0.1) is 13.8 Å². The Kier molecular flexibility index (Phi) is 7.16. The third kappa shape index (κ3) is 5.35. The molecule has 1 heterocycles. The number of alkyl halides is 2. The maximum absolute atomic E-state index is 13.5. The predicted molar refractivity (Wildman–Crippen MR) is 134 cm³/mol. The van der Waals surface area contributed by atoms with Crippen LogP contribution in [-0.2, 0) is 4.79 Å². The highest BCUT2D eigenvalue weighted by Gasteiger charge is 2.22. The largest absolute Gasteiger partial charge is 0.433 e. The Bertz CT molecular complexity index is 1460. The second kappa shape index (κ2) is 10.3. The summed E-state index contributed by atoms with van der Waals surface area (Å²) in [5.74, 6) is -0.585. The van der Waals surface area contributed by atoms with Crippen LogP contribution in [0.25, 0.3) is 16.6 Å². The Morgan fingerprint density at radius 1 is 1.03 bits per heavy atom. The van der Waals surface area contributed by atoms with E-state index in [9.17, 15) is 18.4 Å². The van der Waals surface area contributed by atoms with Crippen LogP contribution in [0.4, 0.5) is 14.5 Å². The molecule has 1 amide bonds. The number of carbonyl (C=O) groups excluding carboxylic acids is 1. The molecule has 180 valence electrons. The first-order valence-electron chi connectivity index (χ1n) is 10.9. The monoisotopic (exact) mass is 495 g/mol. The maximum atomic E-state index is 13.5. The van der Waals surface area contributed by atoms with Gasteiger partial charge in [-0.3, -0.25) is 14.2 Å². The van der Waals surface area contributed by atoms with Gasteiger partial charge in [-0.1, -0.05) is 42.1 Å². The maximum Gasteiger partial charge on any atom is 0.387 e. The first-order chi connectivity index (χ1) is 16.7. The molecule has 0 aliphatic carbocycles. The van der Waals surface area contributed by atoms with Gasteiger partial charge in [0.25, 0.3) is 5.56 Å². The van der Waals surface area contributed by atoms with E-state index < -0.39 is 17.8 Å². The third-order valence-corrected chi connectivity index (χ3v) is 6.56. The van der Waals surface area contributed by atoms with E-state index in [1.807, 2.05) is 32.0 Å². The summed E-state index contributed by atoms with van der Waals surface area (Å²) in [5.41, 5.74) is 3.14. The van der Waals surface area contributed by atoms with Gasteiger partial charge in [-0.25, -0.2) is 4.98 Å².